The Labute approximate surface area is 121 Å². The molecule has 0 aliphatic carbocycles. The molecule has 18 heavy (non-hydrogen) atoms. The Morgan fingerprint density at radius 2 is 1.94 bits per heavy atom. The van der Waals surface area contributed by atoms with Gasteiger partial charge in [-0.05, 0) is 35.7 Å². The second kappa shape index (κ2) is 5.87. The first kappa shape index (κ1) is 13.6. The predicted octanol–water partition coefficient (Wildman–Crippen LogP) is 4.69. The van der Waals surface area contributed by atoms with Crippen LogP contribution in [-0.4, -0.2) is 5.11 Å². The molecule has 0 aliphatic heterocycles. The zero-order chi connectivity index (χ0) is 13.1. The van der Waals surface area contributed by atoms with Crippen LogP contribution in [0.2, 0.25) is 5.02 Å². The molecule has 1 unspecified atom stereocenters. The summed E-state index contributed by atoms with van der Waals surface area (Å²) in [4.78, 5) is 0. The largest absolute Gasteiger partial charge is 0.388 e. The molecule has 0 radical (unpaired) electrons. The molecule has 0 aliphatic rings. The fraction of sp³-hybridized carbons (Fsp3) is 0.200. The van der Waals surface area contributed by atoms with Gasteiger partial charge in [-0.2, -0.15) is 0 Å². The Kier molecular flexibility index (Phi) is 4.44. The van der Waals surface area contributed by atoms with Gasteiger partial charge < -0.3 is 5.11 Å². The van der Waals surface area contributed by atoms with Crippen molar-refractivity contribution in [3.8, 4) is 0 Å². The molecule has 94 valence electrons. The lowest BCUT2D eigenvalue weighted by atomic mass is 10.00. The highest BCUT2D eigenvalue weighted by atomic mass is 79.9. The van der Waals surface area contributed by atoms with Crippen molar-refractivity contribution in [2.45, 2.75) is 19.4 Å². The van der Waals surface area contributed by atoms with Crippen molar-refractivity contribution in [3.63, 3.8) is 0 Å². The third kappa shape index (κ3) is 3.14. The summed E-state index contributed by atoms with van der Waals surface area (Å²) in [5.74, 6) is 0. The molecular weight excluding hydrogens is 312 g/mol. The van der Waals surface area contributed by atoms with Gasteiger partial charge in [0.2, 0.25) is 0 Å². The molecule has 0 spiro atoms. The fourth-order valence-electron chi connectivity index (χ4n) is 1.92. The van der Waals surface area contributed by atoms with Gasteiger partial charge in [0.05, 0.1) is 6.10 Å². The molecule has 0 saturated heterocycles. The lowest BCUT2D eigenvalue weighted by Crippen LogP contribution is -2.03. The molecule has 0 saturated carbocycles. The molecule has 0 fully saturated rings. The number of hydrogen-bond donors (Lipinski definition) is 1. The molecule has 2 rings (SSSR count). The van der Waals surface area contributed by atoms with Crippen molar-refractivity contribution in [2.75, 3.05) is 0 Å². The molecule has 0 bridgehead atoms. The Morgan fingerprint density at radius 1 is 1.22 bits per heavy atom. The summed E-state index contributed by atoms with van der Waals surface area (Å²) in [5, 5.41) is 11.0. The van der Waals surface area contributed by atoms with Gasteiger partial charge in [0, 0.05) is 15.9 Å². The zero-order valence-electron chi connectivity index (χ0n) is 10.0. The van der Waals surface area contributed by atoms with Crippen LogP contribution in [0, 0.1) is 6.92 Å². The topological polar surface area (TPSA) is 20.2 Å². The summed E-state index contributed by atoms with van der Waals surface area (Å²) < 4.78 is 0.972. The van der Waals surface area contributed by atoms with Crippen LogP contribution in [0.4, 0.5) is 0 Å². The number of rotatable bonds is 3. The Morgan fingerprint density at radius 3 is 2.67 bits per heavy atom. The highest BCUT2D eigenvalue weighted by molar-refractivity contribution is 9.10. The van der Waals surface area contributed by atoms with Crippen LogP contribution >= 0.6 is 27.5 Å². The van der Waals surface area contributed by atoms with Gasteiger partial charge in [0.25, 0.3) is 0 Å². The van der Waals surface area contributed by atoms with Crippen LogP contribution in [0.3, 0.4) is 0 Å². The predicted molar refractivity (Wildman–Crippen MR) is 79.0 cm³/mol. The maximum Gasteiger partial charge on any atom is 0.0841 e. The molecule has 3 heteroatoms. The van der Waals surface area contributed by atoms with Crippen LogP contribution < -0.4 is 0 Å². The van der Waals surface area contributed by atoms with Gasteiger partial charge in [-0.15, -0.1) is 0 Å². The minimum Gasteiger partial charge on any atom is -0.388 e. The van der Waals surface area contributed by atoms with E-state index in [9.17, 15) is 5.11 Å². The summed E-state index contributed by atoms with van der Waals surface area (Å²) in [5.41, 5.74) is 3.07. The fourth-order valence-corrected chi connectivity index (χ4v) is 2.67. The van der Waals surface area contributed by atoms with Crippen LogP contribution in [0.15, 0.2) is 46.9 Å². The van der Waals surface area contributed by atoms with Crippen LogP contribution in [0.25, 0.3) is 0 Å². The van der Waals surface area contributed by atoms with Crippen molar-refractivity contribution < 1.29 is 5.11 Å². The third-order valence-corrected chi connectivity index (χ3v) is 4.22. The normalized spacial score (nSPS) is 12.4. The van der Waals surface area contributed by atoms with E-state index in [-0.39, 0.29) is 0 Å². The van der Waals surface area contributed by atoms with Crippen molar-refractivity contribution in [1.82, 2.24) is 0 Å². The number of hydrogen-bond acceptors (Lipinski definition) is 1. The second-order valence-electron chi connectivity index (χ2n) is 4.33. The summed E-state index contributed by atoms with van der Waals surface area (Å²) >= 11 is 9.46. The van der Waals surface area contributed by atoms with E-state index in [1.165, 1.54) is 0 Å². The molecule has 0 amide bonds. The first-order valence-electron chi connectivity index (χ1n) is 5.75. The summed E-state index contributed by atoms with van der Waals surface area (Å²) in [6.07, 6.45) is 0.0283. The SMILES string of the molecule is Cc1cccc(C(O)Cc2cccc(Cl)c2)c1Br. The third-order valence-electron chi connectivity index (χ3n) is 2.90. The van der Waals surface area contributed by atoms with Gasteiger partial charge in [0.15, 0.2) is 0 Å². The summed E-state index contributed by atoms with van der Waals surface area (Å²) in [6.45, 7) is 2.01. The van der Waals surface area contributed by atoms with Gasteiger partial charge in [-0.3, -0.25) is 0 Å². The number of halogens is 2. The minimum atomic E-state index is -0.530. The van der Waals surface area contributed by atoms with Gasteiger partial charge in [-0.25, -0.2) is 0 Å². The summed E-state index contributed by atoms with van der Waals surface area (Å²) in [6, 6.07) is 13.5. The van der Waals surface area contributed by atoms with E-state index in [1.54, 1.807) is 0 Å². The lowest BCUT2D eigenvalue weighted by molar-refractivity contribution is 0.177. The summed E-state index contributed by atoms with van der Waals surface area (Å²) in [7, 11) is 0. The highest BCUT2D eigenvalue weighted by Gasteiger charge is 2.13. The van der Waals surface area contributed by atoms with Crippen LogP contribution in [0.5, 0.6) is 0 Å². The first-order valence-corrected chi connectivity index (χ1v) is 6.92. The number of aryl methyl sites for hydroxylation is 1. The Hall–Kier alpha value is -0.830. The van der Waals surface area contributed by atoms with Crippen molar-refractivity contribution >= 4 is 27.5 Å². The van der Waals surface area contributed by atoms with Crippen molar-refractivity contribution in [2.24, 2.45) is 0 Å². The number of aliphatic hydroxyl groups excluding tert-OH is 1. The average molecular weight is 326 g/mol. The van der Waals surface area contributed by atoms with E-state index in [0.29, 0.717) is 11.4 Å². The van der Waals surface area contributed by atoms with Crippen LogP contribution in [0.1, 0.15) is 22.8 Å². The highest BCUT2D eigenvalue weighted by Crippen LogP contribution is 2.29. The smallest absolute Gasteiger partial charge is 0.0841 e. The molecule has 1 N–H and O–H groups in total. The van der Waals surface area contributed by atoms with E-state index >= 15 is 0 Å². The zero-order valence-corrected chi connectivity index (χ0v) is 12.4. The monoisotopic (exact) mass is 324 g/mol. The van der Waals surface area contributed by atoms with Crippen molar-refractivity contribution in [3.05, 3.63) is 68.7 Å². The first-order chi connectivity index (χ1) is 8.58. The quantitative estimate of drug-likeness (QED) is 0.868. The molecule has 2 aromatic carbocycles. The standard InChI is InChI=1S/C15H14BrClO/c1-10-4-2-7-13(15(10)16)14(18)9-11-5-3-6-12(17)8-11/h2-8,14,18H,9H2,1H3. The van der Waals surface area contributed by atoms with E-state index in [4.69, 9.17) is 11.6 Å². The van der Waals surface area contributed by atoms with Gasteiger partial charge in [0.1, 0.15) is 0 Å². The Bertz CT molecular complexity index is 554. The molecule has 0 heterocycles. The molecule has 0 aromatic heterocycles. The lowest BCUT2D eigenvalue weighted by Gasteiger charge is -2.14. The molecule has 1 nitrogen and oxygen atoms in total. The average Bonchev–Trinajstić information content (AvgIpc) is 2.32. The minimum absolute atomic E-state index is 0.530. The van der Waals surface area contributed by atoms with Gasteiger partial charge in [-0.1, -0.05) is 57.9 Å². The maximum absolute atomic E-state index is 10.3. The van der Waals surface area contributed by atoms with E-state index in [1.807, 2.05) is 49.4 Å². The van der Waals surface area contributed by atoms with Gasteiger partial charge >= 0.3 is 0 Å². The number of benzene rings is 2. The van der Waals surface area contributed by atoms with E-state index in [2.05, 4.69) is 15.9 Å². The Balaban J connectivity index is 2.22. The van der Waals surface area contributed by atoms with E-state index < -0.39 is 6.10 Å². The van der Waals surface area contributed by atoms with Crippen molar-refractivity contribution in [1.29, 1.82) is 0 Å². The maximum atomic E-state index is 10.3. The molecule has 2 aromatic rings. The number of aliphatic hydroxyl groups is 1. The molecular formula is C15H14BrClO. The van der Waals surface area contributed by atoms with E-state index in [0.717, 1.165) is 21.2 Å². The second-order valence-corrected chi connectivity index (χ2v) is 5.56. The molecule has 1 atom stereocenters. The van der Waals surface area contributed by atoms with Crippen LogP contribution in [-0.2, 0) is 6.42 Å².